The third kappa shape index (κ3) is 6.46. The molecule has 16 heavy (non-hydrogen) atoms. The van der Waals surface area contributed by atoms with Gasteiger partial charge in [-0.3, -0.25) is 0 Å². The van der Waals surface area contributed by atoms with Crippen LogP contribution in [0.15, 0.2) is 0 Å². The molecule has 0 aromatic heterocycles. The van der Waals surface area contributed by atoms with E-state index >= 15 is 0 Å². The number of rotatable bonds is 8. The van der Waals surface area contributed by atoms with E-state index in [1.807, 2.05) is 0 Å². The van der Waals surface area contributed by atoms with Crippen LogP contribution < -0.4 is 5.32 Å². The first-order valence-corrected chi connectivity index (χ1v) is 6.83. The Hall–Kier alpha value is -0.120. The quantitative estimate of drug-likeness (QED) is 0.642. The molecule has 1 rings (SSSR count). The predicted molar refractivity (Wildman–Crippen MR) is 68.9 cm³/mol. The first kappa shape index (κ1) is 13.9. The number of nitrogens with zero attached hydrogens (tertiary/aromatic N) is 1. The summed E-state index contributed by atoms with van der Waals surface area (Å²) in [5.74, 6) is 0. The van der Waals surface area contributed by atoms with Crippen LogP contribution in [0.25, 0.3) is 0 Å². The molecule has 0 spiro atoms. The maximum Gasteiger partial charge on any atom is 0.0826 e. The maximum absolute atomic E-state index is 5.69. The maximum atomic E-state index is 5.69. The van der Waals surface area contributed by atoms with Crippen molar-refractivity contribution in [3.63, 3.8) is 0 Å². The molecule has 1 unspecified atom stereocenters. The van der Waals surface area contributed by atoms with Crippen molar-refractivity contribution in [3.8, 4) is 0 Å². The van der Waals surface area contributed by atoms with Crippen molar-refractivity contribution in [2.24, 2.45) is 0 Å². The number of morpholine rings is 1. The second-order valence-electron chi connectivity index (χ2n) is 4.87. The summed E-state index contributed by atoms with van der Waals surface area (Å²) in [4.78, 5) is 2.34. The average Bonchev–Trinajstić information content (AvgIpc) is 2.28. The van der Waals surface area contributed by atoms with Gasteiger partial charge in [0.05, 0.1) is 12.7 Å². The van der Waals surface area contributed by atoms with Gasteiger partial charge in [-0.1, -0.05) is 32.6 Å². The van der Waals surface area contributed by atoms with Crippen LogP contribution in [-0.2, 0) is 4.74 Å². The minimum Gasteiger partial charge on any atom is -0.374 e. The molecular weight excluding hydrogens is 200 g/mol. The van der Waals surface area contributed by atoms with Gasteiger partial charge in [0.25, 0.3) is 0 Å². The third-order valence-corrected chi connectivity index (χ3v) is 3.17. The zero-order chi connectivity index (χ0) is 11.6. The van der Waals surface area contributed by atoms with E-state index in [0.717, 1.165) is 32.8 Å². The van der Waals surface area contributed by atoms with Gasteiger partial charge in [-0.05, 0) is 20.0 Å². The predicted octanol–water partition coefficient (Wildman–Crippen LogP) is 1.88. The number of hydrogen-bond donors (Lipinski definition) is 1. The second-order valence-corrected chi connectivity index (χ2v) is 4.87. The summed E-state index contributed by atoms with van der Waals surface area (Å²) < 4.78 is 5.69. The second kappa shape index (κ2) is 8.97. The Morgan fingerprint density at radius 3 is 2.81 bits per heavy atom. The average molecular weight is 228 g/mol. The summed E-state index contributed by atoms with van der Waals surface area (Å²) in [6, 6.07) is 0. The molecule has 0 saturated carbocycles. The van der Waals surface area contributed by atoms with Crippen LogP contribution in [0.2, 0.25) is 0 Å². The van der Waals surface area contributed by atoms with Gasteiger partial charge in [-0.15, -0.1) is 0 Å². The molecule has 1 aliphatic rings. The van der Waals surface area contributed by atoms with Gasteiger partial charge in [0.15, 0.2) is 0 Å². The van der Waals surface area contributed by atoms with E-state index < -0.39 is 0 Å². The van der Waals surface area contributed by atoms with Crippen LogP contribution in [0.3, 0.4) is 0 Å². The number of hydrogen-bond acceptors (Lipinski definition) is 3. The highest BCUT2D eigenvalue weighted by Crippen LogP contribution is 2.03. The Labute approximate surface area is 101 Å². The summed E-state index contributed by atoms with van der Waals surface area (Å²) in [6.45, 7) is 7.45. The zero-order valence-electron chi connectivity index (χ0n) is 11.0. The fourth-order valence-corrected chi connectivity index (χ4v) is 2.11. The number of unbranched alkanes of at least 4 members (excludes halogenated alkanes) is 4. The third-order valence-electron chi connectivity index (χ3n) is 3.17. The van der Waals surface area contributed by atoms with E-state index in [1.54, 1.807) is 0 Å². The van der Waals surface area contributed by atoms with Crippen LogP contribution in [0.4, 0.5) is 0 Å². The van der Waals surface area contributed by atoms with E-state index in [9.17, 15) is 0 Å². The summed E-state index contributed by atoms with van der Waals surface area (Å²) >= 11 is 0. The Bertz CT molecular complexity index is 164. The van der Waals surface area contributed by atoms with Crippen molar-refractivity contribution in [3.05, 3.63) is 0 Å². The molecule has 1 saturated heterocycles. The highest BCUT2D eigenvalue weighted by Gasteiger charge is 2.16. The van der Waals surface area contributed by atoms with Crippen molar-refractivity contribution in [1.29, 1.82) is 0 Å². The molecule has 1 atom stereocenters. The van der Waals surface area contributed by atoms with Gasteiger partial charge in [0, 0.05) is 19.6 Å². The van der Waals surface area contributed by atoms with Crippen LogP contribution in [-0.4, -0.2) is 50.8 Å². The zero-order valence-corrected chi connectivity index (χ0v) is 11.0. The Kier molecular flexibility index (Phi) is 7.81. The SMILES string of the molecule is CCCCCCCNCC1CN(C)CCO1. The number of likely N-dealkylation sites (N-methyl/N-ethyl adjacent to an activating group) is 1. The van der Waals surface area contributed by atoms with Crippen molar-refractivity contribution in [2.45, 2.75) is 45.1 Å². The molecule has 0 radical (unpaired) electrons. The van der Waals surface area contributed by atoms with Crippen LogP contribution in [0.1, 0.15) is 39.0 Å². The number of nitrogens with one attached hydrogen (secondary N) is 1. The van der Waals surface area contributed by atoms with E-state index in [0.29, 0.717) is 6.10 Å². The first-order valence-electron chi connectivity index (χ1n) is 6.83. The normalized spacial score (nSPS) is 22.5. The monoisotopic (exact) mass is 228 g/mol. The lowest BCUT2D eigenvalue weighted by atomic mass is 10.1. The molecule has 3 nitrogen and oxygen atoms in total. The smallest absolute Gasteiger partial charge is 0.0826 e. The van der Waals surface area contributed by atoms with Gasteiger partial charge in [0.1, 0.15) is 0 Å². The van der Waals surface area contributed by atoms with E-state index in [4.69, 9.17) is 4.74 Å². The molecule has 1 heterocycles. The Balaban J connectivity index is 1.86. The topological polar surface area (TPSA) is 24.5 Å². The van der Waals surface area contributed by atoms with Crippen LogP contribution in [0.5, 0.6) is 0 Å². The number of ether oxygens (including phenoxy) is 1. The summed E-state index contributed by atoms with van der Waals surface area (Å²) in [5, 5.41) is 3.50. The first-order chi connectivity index (χ1) is 7.83. The van der Waals surface area contributed by atoms with Crippen molar-refractivity contribution in [2.75, 3.05) is 39.8 Å². The van der Waals surface area contributed by atoms with Crippen LogP contribution in [0, 0.1) is 0 Å². The molecule has 1 aliphatic heterocycles. The van der Waals surface area contributed by atoms with Crippen molar-refractivity contribution >= 4 is 0 Å². The summed E-state index contributed by atoms with van der Waals surface area (Å²) in [6.07, 6.45) is 7.18. The molecule has 0 bridgehead atoms. The van der Waals surface area contributed by atoms with E-state index in [-0.39, 0.29) is 0 Å². The fourth-order valence-electron chi connectivity index (χ4n) is 2.11. The molecular formula is C13H28N2O. The van der Waals surface area contributed by atoms with Crippen LogP contribution >= 0.6 is 0 Å². The lowest BCUT2D eigenvalue weighted by molar-refractivity contribution is -0.0180. The van der Waals surface area contributed by atoms with E-state index in [1.165, 1.54) is 32.1 Å². The molecule has 0 aliphatic carbocycles. The molecule has 1 fully saturated rings. The highest BCUT2D eigenvalue weighted by atomic mass is 16.5. The van der Waals surface area contributed by atoms with Crippen molar-refractivity contribution in [1.82, 2.24) is 10.2 Å². The lowest BCUT2D eigenvalue weighted by Crippen LogP contribution is -2.44. The summed E-state index contributed by atoms with van der Waals surface area (Å²) in [5.41, 5.74) is 0. The van der Waals surface area contributed by atoms with Gasteiger partial charge in [0.2, 0.25) is 0 Å². The Morgan fingerprint density at radius 2 is 2.06 bits per heavy atom. The van der Waals surface area contributed by atoms with Gasteiger partial charge in [-0.25, -0.2) is 0 Å². The largest absolute Gasteiger partial charge is 0.374 e. The van der Waals surface area contributed by atoms with Gasteiger partial charge >= 0.3 is 0 Å². The standard InChI is InChI=1S/C13H28N2O/c1-3-4-5-6-7-8-14-11-13-12-15(2)9-10-16-13/h13-14H,3-12H2,1-2H3. The van der Waals surface area contributed by atoms with Crippen molar-refractivity contribution < 1.29 is 4.74 Å². The molecule has 0 amide bonds. The summed E-state index contributed by atoms with van der Waals surface area (Å²) in [7, 11) is 2.17. The molecule has 3 heteroatoms. The minimum atomic E-state index is 0.398. The van der Waals surface area contributed by atoms with E-state index in [2.05, 4.69) is 24.2 Å². The van der Waals surface area contributed by atoms with Gasteiger partial charge in [-0.2, -0.15) is 0 Å². The molecule has 1 N–H and O–H groups in total. The lowest BCUT2D eigenvalue weighted by Gasteiger charge is -2.30. The minimum absolute atomic E-state index is 0.398. The Morgan fingerprint density at radius 1 is 1.25 bits per heavy atom. The molecule has 96 valence electrons. The molecule has 0 aromatic carbocycles. The molecule has 0 aromatic rings. The fraction of sp³-hybridized carbons (Fsp3) is 1.00. The highest BCUT2D eigenvalue weighted by molar-refractivity contribution is 4.70. The van der Waals surface area contributed by atoms with Gasteiger partial charge < -0.3 is 15.0 Å².